The number of unbranched alkanes of at least 4 members (excludes halogenated alkanes) is 3. The van der Waals surface area contributed by atoms with E-state index in [1.165, 1.54) is 19.3 Å². The number of ether oxygens (including phenoxy) is 1. The van der Waals surface area contributed by atoms with Gasteiger partial charge in [0.25, 0.3) is 0 Å². The fourth-order valence-electron chi connectivity index (χ4n) is 1.95. The van der Waals surface area contributed by atoms with Crippen molar-refractivity contribution in [3.63, 3.8) is 0 Å². The van der Waals surface area contributed by atoms with Crippen LogP contribution in [0.4, 0.5) is 0 Å². The van der Waals surface area contributed by atoms with E-state index in [2.05, 4.69) is 6.92 Å². The van der Waals surface area contributed by atoms with Gasteiger partial charge in [0, 0.05) is 0 Å². The van der Waals surface area contributed by atoms with Crippen LogP contribution in [0, 0.1) is 0 Å². The summed E-state index contributed by atoms with van der Waals surface area (Å²) in [5.41, 5.74) is 1.01. The Kier molecular flexibility index (Phi) is 7.16. The molecule has 0 aromatic heterocycles. The number of hydrogen-bond acceptors (Lipinski definition) is 2. The van der Waals surface area contributed by atoms with Gasteiger partial charge in [-0.05, 0) is 25.3 Å². The molecule has 0 heterocycles. The fourth-order valence-corrected chi connectivity index (χ4v) is 1.95. The first kappa shape index (κ1) is 14.7. The Morgan fingerprint density at radius 1 is 1.17 bits per heavy atom. The van der Waals surface area contributed by atoms with Crippen LogP contribution in [-0.4, -0.2) is 12.1 Å². The Labute approximate surface area is 110 Å². The zero-order valence-corrected chi connectivity index (χ0v) is 11.5. The largest absolute Gasteiger partial charge is 0.462 e. The highest BCUT2D eigenvalue weighted by Gasteiger charge is 2.09. The van der Waals surface area contributed by atoms with Gasteiger partial charge in [0.15, 0.2) is 0 Å². The van der Waals surface area contributed by atoms with Crippen molar-refractivity contribution in [3.8, 4) is 0 Å². The molecule has 1 rings (SSSR count). The molecule has 0 amide bonds. The summed E-state index contributed by atoms with van der Waals surface area (Å²) in [5, 5.41) is 0. The van der Waals surface area contributed by atoms with Crippen LogP contribution in [0.5, 0.6) is 0 Å². The van der Waals surface area contributed by atoms with Crippen molar-refractivity contribution >= 4 is 5.97 Å². The first-order chi connectivity index (χ1) is 8.72. The molecule has 0 bridgehead atoms. The summed E-state index contributed by atoms with van der Waals surface area (Å²) in [5.74, 6) is -0.121. The highest BCUT2D eigenvalue weighted by Crippen LogP contribution is 2.09. The Hall–Kier alpha value is -1.31. The average molecular weight is 248 g/mol. The Balaban J connectivity index is 2.19. The van der Waals surface area contributed by atoms with Crippen molar-refractivity contribution in [1.29, 1.82) is 0 Å². The molecule has 0 saturated heterocycles. The van der Waals surface area contributed by atoms with Gasteiger partial charge in [0.2, 0.25) is 0 Å². The van der Waals surface area contributed by atoms with E-state index < -0.39 is 0 Å². The number of carbonyl (C=O) groups is 1. The second-order valence-electron chi connectivity index (χ2n) is 4.81. The molecule has 1 atom stereocenters. The van der Waals surface area contributed by atoms with Gasteiger partial charge in [-0.25, -0.2) is 0 Å². The van der Waals surface area contributed by atoms with Crippen molar-refractivity contribution in [2.75, 3.05) is 0 Å². The Morgan fingerprint density at radius 3 is 2.56 bits per heavy atom. The summed E-state index contributed by atoms with van der Waals surface area (Å²) in [6.07, 6.45) is 6.27. The Morgan fingerprint density at radius 2 is 1.89 bits per heavy atom. The third-order valence-corrected chi connectivity index (χ3v) is 2.99. The molecule has 0 aliphatic carbocycles. The number of rotatable bonds is 8. The molecule has 100 valence electrons. The summed E-state index contributed by atoms with van der Waals surface area (Å²) in [6.45, 7) is 4.18. The molecule has 1 aromatic rings. The number of esters is 1. The third kappa shape index (κ3) is 6.43. The minimum absolute atomic E-state index is 0.0399. The lowest BCUT2D eigenvalue weighted by molar-refractivity contribution is -0.147. The number of carbonyl (C=O) groups excluding carboxylic acids is 1. The molecule has 2 nitrogen and oxygen atoms in total. The van der Waals surface area contributed by atoms with E-state index >= 15 is 0 Å². The maximum absolute atomic E-state index is 11.7. The van der Waals surface area contributed by atoms with E-state index in [4.69, 9.17) is 4.74 Å². The normalized spacial score (nSPS) is 12.1. The van der Waals surface area contributed by atoms with Crippen molar-refractivity contribution < 1.29 is 9.53 Å². The molecule has 1 aromatic carbocycles. The van der Waals surface area contributed by atoms with Crippen molar-refractivity contribution in [2.45, 2.75) is 58.5 Å². The molecule has 0 radical (unpaired) electrons. The maximum atomic E-state index is 11.7. The first-order valence-electron chi connectivity index (χ1n) is 6.95. The Bertz CT molecular complexity index is 332. The summed E-state index contributed by atoms with van der Waals surface area (Å²) in [6, 6.07) is 9.74. The molecule has 0 fully saturated rings. The van der Waals surface area contributed by atoms with Gasteiger partial charge in [-0.1, -0.05) is 56.5 Å². The lowest BCUT2D eigenvalue weighted by Crippen LogP contribution is -2.16. The minimum Gasteiger partial charge on any atom is -0.462 e. The van der Waals surface area contributed by atoms with Crippen LogP contribution < -0.4 is 0 Å². The van der Waals surface area contributed by atoms with Crippen molar-refractivity contribution in [3.05, 3.63) is 35.9 Å². The highest BCUT2D eigenvalue weighted by atomic mass is 16.5. The van der Waals surface area contributed by atoms with Crippen LogP contribution in [0.25, 0.3) is 0 Å². The predicted octanol–water partition coefficient (Wildman–Crippen LogP) is 4.13. The average Bonchev–Trinajstić information content (AvgIpc) is 2.35. The molecular formula is C16H24O2. The van der Waals surface area contributed by atoms with Crippen LogP contribution in [0.15, 0.2) is 30.3 Å². The van der Waals surface area contributed by atoms with E-state index in [0.717, 1.165) is 18.4 Å². The molecule has 0 aliphatic rings. The van der Waals surface area contributed by atoms with Gasteiger partial charge in [-0.3, -0.25) is 4.79 Å². The maximum Gasteiger partial charge on any atom is 0.310 e. The van der Waals surface area contributed by atoms with E-state index in [-0.39, 0.29) is 12.1 Å². The van der Waals surface area contributed by atoms with Gasteiger partial charge < -0.3 is 4.74 Å². The van der Waals surface area contributed by atoms with Crippen molar-refractivity contribution in [1.82, 2.24) is 0 Å². The second kappa shape index (κ2) is 8.73. The lowest BCUT2D eigenvalue weighted by Gasteiger charge is -2.13. The zero-order valence-electron chi connectivity index (χ0n) is 11.5. The fraction of sp³-hybridized carbons (Fsp3) is 0.562. The van der Waals surface area contributed by atoms with Crippen molar-refractivity contribution in [2.24, 2.45) is 0 Å². The zero-order chi connectivity index (χ0) is 13.2. The van der Waals surface area contributed by atoms with Gasteiger partial charge in [0.1, 0.15) is 0 Å². The lowest BCUT2D eigenvalue weighted by atomic mass is 10.1. The molecule has 0 aliphatic heterocycles. The molecule has 0 N–H and O–H groups in total. The molecule has 1 unspecified atom stereocenters. The van der Waals surface area contributed by atoms with Gasteiger partial charge in [0.05, 0.1) is 12.5 Å². The van der Waals surface area contributed by atoms with Crippen LogP contribution in [0.2, 0.25) is 0 Å². The third-order valence-electron chi connectivity index (χ3n) is 2.99. The minimum atomic E-state index is -0.121. The smallest absolute Gasteiger partial charge is 0.310 e. The van der Waals surface area contributed by atoms with Crippen LogP contribution in [0.3, 0.4) is 0 Å². The molecular weight excluding hydrogens is 224 g/mol. The van der Waals surface area contributed by atoms with E-state index in [0.29, 0.717) is 6.42 Å². The quantitative estimate of drug-likeness (QED) is 0.510. The van der Waals surface area contributed by atoms with E-state index in [1.807, 2.05) is 37.3 Å². The number of benzene rings is 1. The molecule has 0 saturated carbocycles. The summed E-state index contributed by atoms with van der Waals surface area (Å²) in [7, 11) is 0. The van der Waals surface area contributed by atoms with E-state index in [9.17, 15) is 4.79 Å². The number of hydrogen-bond donors (Lipinski definition) is 0. The summed E-state index contributed by atoms with van der Waals surface area (Å²) >= 11 is 0. The highest BCUT2D eigenvalue weighted by molar-refractivity contribution is 5.72. The van der Waals surface area contributed by atoms with Gasteiger partial charge >= 0.3 is 5.97 Å². The molecule has 18 heavy (non-hydrogen) atoms. The second-order valence-corrected chi connectivity index (χ2v) is 4.81. The predicted molar refractivity (Wildman–Crippen MR) is 74.5 cm³/mol. The summed E-state index contributed by atoms with van der Waals surface area (Å²) in [4.78, 5) is 11.7. The van der Waals surface area contributed by atoms with E-state index in [1.54, 1.807) is 0 Å². The summed E-state index contributed by atoms with van der Waals surface area (Å²) < 4.78 is 5.40. The van der Waals surface area contributed by atoms with Gasteiger partial charge in [-0.15, -0.1) is 0 Å². The monoisotopic (exact) mass is 248 g/mol. The van der Waals surface area contributed by atoms with Crippen LogP contribution in [0.1, 0.15) is 51.5 Å². The van der Waals surface area contributed by atoms with Crippen LogP contribution in [-0.2, 0) is 16.0 Å². The molecule has 0 spiro atoms. The SMILES string of the molecule is CCCCCCC(C)OC(=O)Cc1ccccc1. The standard InChI is InChI=1S/C16H24O2/c1-3-4-5-7-10-14(2)18-16(17)13-15-11-8-6-9-12-15/h6,8-9,11-12,14H,3-5,7,10,13H2,1-2H3. The first-order valence-corrected chi connectivity index (χ1v) is 6.95. The van der Waals surface area contributed by atoms with Crippen LogP contribution >= 0.6 is 0 Å². The van der Waals surface area contributed by atoms with Gasteiger partial charge in [-0.2, -0.15) is 0 Å². The topological polar surface area (TPSA) is 26.3 Å². The molecule has 2 heteroatoms.